The number of esters is 2. The van der Waals surface area contributed by atoms with Crippen molar-refractivity contribution in [3.8, 4) is 0 Å². The predicted octanol–water partition coefficient (Wildman–Crippen LogP) is 11.5. The van der Waals surface area contributed by atoms with Gasteiger partial charge in [0.05, 0.1) is 35.5 Å². The molecule has 0 unspecified atom stereocenters. The van der Waals surface area contributed by atoms with Crippen molar-refractivity contribution in [3.63, 3.8) is 0 Å². The molecule has 0 amide bonds. The number of methoxy groups -OCH3 is 1. The maximum absolute atomic E-state index is 13.0. The van der Waals surface area contributed by atoms with Crippen LogP contribution in [0.1, 0.15) is 99.6 Å². The summed E-state index contributed by atoms with van der Waals surface area (Å²) in [4.78, 5) is 30.7. The van der Waals surface area contributed by atoms with Crippen molar-refractivity contribution in [2.75, 3.05) is 49.8 Å². The summed E-state index contributed by atoms with van der Waals surface area (Å²) in [5.41, 5.74) is 13.1. The van der Waals surface area contributed by atoms with Crippen LogP contribution in [0.5, 0.6) is 0 Å². The summed E-state index contributed by atoms with van der Waals surface area (Å²) in [6.45, 7) is 17.9. The molecule has 0 saturated heterocycles. The van der Waals surface area contributed by atoms with Crippen molar-refractivity contribution in [1.29, 1.82) is 0 Å². The Morgan fingerprint density at radius 1 is 0.721 bits per heavy atom. The zero-order chi connectivity index (χ0) is 43.3. The Labute approximate surface area is 362 Å². The van der Waals surface area contributed by atoms with Crippen LogP contribution in [0.25, 0.3) is 0 Å². The van der Waals surface area contributed by atoms with Gasteiger partial charge in [-0.2, -0.15) is 4.58 Å². The quantitative estimate of drug-likeness (QED) is 0.0672. The Kier molecular flexibility index (Phi) is 12.9. The van der Waals surface area contributed by atoms with Gasteiger partial charge in [0.1, 0.15) is 13.2 Å². The zero-order valence-electron chi connectivity index (χ0n) is 37.1. The molecule has 2 aliphatic heterocycles. The SMILES string of the molecule is CCCOC(=O)c1ccc2c(c1)C(C)(C)C(/C=C/C1=C(N(c3ccccc3)c3ccccc3)C(=C/C=C3/N(CC)c4ccc(C(=O)OCCOC)cc4C3(C)C)/CC1)=[N+]2CC. The minimum atomic E-state index is -0.370. The van der Waals surface area contributed by atoms with E-state index in [0.717, 1.165) is 66.2 Å². The zero-order valence-corrected chi connectivity index (χ0v) is 37.1. The minimum Gasteiger partial charge on any atom is -0.462 e. The van der Waals surface area contributed by atoms with Gasteiger partial charge in [0, 0.05) is 59.5 Å². The minimum absolute atomic E-state index is 0.214. The lowest BCUT2D eigenvalue weighted by Crippen LogP contribution is -2.27. The summed E-state index contributed by atoms with van der Waals surface area (Å²) in [5.74, 6) is -0.622. The van der Waals surface area contributed by atoms with Crippen LogP contribution >= 0.6 is 0 Å². The van der Waals surface area contributed by atoms with Crippen LogP contribution in [0.15, 0.2) is 144 Å². The second-order valence-corrected chi connectivity index (χ2v) is 16.8. The molecule has 0 atom stereocenters. The molecule has 0 spiro atoms. The second kappa shape index (κ2) is 18.3. The molecule has 0 fully saturated rings. The third-order valence-corrected chi connectivity index (χ3v) is 12.3. The molecule has 0 bridgehead atoms. The van der Waals surface area contributed by atoms with Gasteiger partial charge in [-0.25, -0.2) is 9.59 Å². The third-order valence-electron chi connectivity index (χ3n) is 12.3. The number of likely N-dealkylation sites (N-methyl/N-ethyl adjacent to an activating group) is 1. The summed E-state index contributed by atoms with van der Waals surface area (Å²) in [5, 5.41) is 0. The second-order valence-electron chi connectivity index (χ2n) is 16.8. The molecular formula is C53H60N3O5+. The summed E-state index contributed by atoms with van der Waals surface area (Å²) >= 11 is 0. The number of hydrogen-bond donors (Lipinski definition) is 0. The van der Waals surface area contributed by atoms with Gasteiger partial charge in [0.2, 0.25) is 5.69 Å². The lowest BCUT2D eigenvalue weighted by molar-refractivity contribution is -0.433. The molecule has 4 aromatic carbocycles. The third kappa shape index (κ3) is 8.38. The first-order chi connectivity index (χ1) is 29.5. The fourth-order valence-corrected chi connectivity index (χ4v) is 9.11. The van der Waals surface area contributed by atoms with Gasteiger partial charge >= 0.3 is 11.9 Å². The van der Waals surface area contributed by atoms with Crippen LogP contribution in [-0.4, -0.2) is 62.2 Å². The highest BCUT2D eigenvalue weighted by Gasteiger charge is 2.45. The summed E-state index contributed by atoms with van der Waals surface area (Å²) < 4.78 is 18.5. The monoisotopic (exact) mass is 818 g/mol. The highest BCUT2D eigenvalue weighted by atomic mass is 16.6. The van der Waals surface area contributed by atoms with Gasteiger partial charge in [-0.15, -0.1) is 0 Å². The molecule has 1 aliphatic carbocycles. The Bertz CT molecular complexity index is 2400. The largest absolute Gasteiger partial charge is 0.462 e. The van der Waals surface area contributed by atoms with Crippen LogP contribution in [0.4, 0.5) is 22.7 Å². The molecule has 2 heterocycles. The predicted molar refractivity (Wildman–Crippen MR) is 247 cm³/mol. The molecule has 8 heteroatoms. The van der Waals surface area contributed by atoms with E-state index in [2.05, 4.69) is 153 Å². The standard InChI is InChI=1S/C53H60N3O5/c1-9-32-60-50(57)39-24-28-45-43(35-39)52(4,5)47(54(45)10-2)30-26-37-22-23-38(49(37)56(41-18-14-12-15-19-41)42-20-16-13-17-21-42)27-31-48-53(6,7)44-36-40(51(58)61-34-33-59-8)25-29-46(44)55(48)11-3/h12-21,24-31,35-36H,9-11,22-23,32-34H2,1-8H3/q+1. The van der Waals surface area contributed by atoms with E-state index in [1.807, 2.05) is 31.2 Å². The molecule has 61 heavy (non-hydrogen) atoms. The van der Waals surface area contributed by atoms with Crippen LogP contribution in [0.3, 0.4) is 0 Å². The molecule has 0 saturated carbocycles. The van der Waals surface area contributed by atoms with Crippen molar-refractivity contribution in [1.82, 2.24) is 0 Å². The number of carbonyl (C=O) groups is 2. The number of anilines is 3. The van der Waals surface area contributed by atoms with Crippen molar-refractivity contribution >= 4 is 40.4 Å². The molecular weight excluding hydrogens is 759 g/mol. The molecule has 7 rings (SSSR count). The molecule has 0 N–H and O–H groups in total. The highest BCUT2D eigenvalue weighted by Crippen LogP contribution is 2.49. The van der Waals surface area contributed by atoms with Gasteiger partial charge in [-0.1, -0.05) is 69.3 Å². The van der Waals surface area contributed by atoms with Crippen LogP contribution < -0.4 is 9.80 Å². The first kappa shape index (κ1) is 43.1. The van der Waals surface area contributed by atoms with Crippen molar-refractivity contribution in [2.24, 2.45) is 0 Å². The van der Waals surface area contributed by atoms with E-state index >= 15 is 0 Å². The molecule has 316 valence electrons. The lowest BCUT2D eigenvalue weighted by Gasteiger charge is -2.29. The Morgan fingerprint density at radius 3 is 1.95 bits per heavy atom. The lowest BCUT2D eigenvalue weighted by atomic mass is 9.80. The highest BCUT2D eigenvalue weighted by molar-refractivity contribution is 6.04. The fraction of sp³-hybridized carbons (Fsp3) is 0.340. The van der Waals surface area contributed by atoms with E-state index in [0.29, 0.717) is 24.3 Å². The van der Waals surface area contributed by atoms with E-state index in [1.165, 1.54) is 28.3 Å². The molecule has 8 nitrogen and oxygen atoms in total. The maximum Gasteiger partial charge on any atom is 0.338 e. The normalized spacial score (nSPS) is 17.7. The smallest absolute Gasteiger partial charge is 0.338 e. The van der Waals surface area contributed by atoms with Crippen LogP contribution in [0, 0.1) is 0 Å². The number of nitrogens with zero attached hydrogens (tertiary/aromatic N) is 3. The van der Waals surface area contributed by atoms with E-state index in [1.54, 1.807) is 7.11 Å². The summed E-state index contributed by atoms with van der Waals surface area (Å²) in [7, 11) is 1.60. The van der Waals surface area contributed by atoms with Crippen LogP contribution in [0.2, 0.25) is 0 Å². The van der Waals surface area contributed by atoms with Gasteiger partial charge in [-0.3, -0.25) is 0 Å². The van der Waals surface area contributed by atoms with E-state index in [4.69, 9.17) is 14.2 Å². The van der Waals surface area contributed by atoms with Crippen molar-refractivity contribution < 1.29 is 28.4 Å². The van der Waals surface area contributed by atoms with Gasteiger partial charge in [0.25, 0.3) is 0 Å². The molecule has 3 aliphatic rings. The Morgan fingerprint density at radius 2 is 1.34 bits per heavy atom. The Hall–Kier alpha value is -5.99. The number of fused-ring (bicyclic) bond motifs is 2. The topological polar surface area (TPSA) is 71.3 Å². The van der Waals surface area contributed by atoms with E-state index in [9.17, 15) is 9.59 Å². The van der Waals surface area contributed by atoms with E-state index in [-0.39, 0.29) is 29.4 Å². The summed E-state index contributed by atoms with van der Waals surface area (Å²) in [6, 6.07) is 33.1. The Balaban J connectivity index is 1.33. The molecule has 0 radical (unpaired) electrons. The number of hydrogen-bond acceptors (Lipinski definition) is 7. The molecule has 4 aromatic rings. The number of rotatable bonds is 15. The average molecular weight is 819 g/mol. The first-order valence-corrected chi connectivity index (χ1v) is 21.7. The van der Waals surface area contributed by atoms with Crippen LogP contribution in [-0.2, 0) is 25.0 Å². The number of ether oxygens (including phenoxy) is 3. The first-order valence-electron chi connectivity index (χ1n) is 21.7. The summed E-state index contributed by atoms with van der Waals surface area (Å²) in [6.07, 6.45) is 11.8. The van der Waals surface area contributed by atoms with Gasteiger partial charge in [-0.05, 0) is 124 Å². The maximum atomic E-state index is 13.0. The number of carbonyl (C=O) groups excluding carboxylic acids is 2. The van der Waals surface area contributed by atoms with Crippen molar-refractivity contribution in [3.05, 3.63) is 166 Å². The van der Waals surface area contributed by atoms with Crippen molar-refractivity contribution in [2.45, 2.75) is 78.6 Å². The van der Waals surface area contributed by atoms with Gasteiger partial charge < -0.3 is 24.0 Å². The number of benzene rings is 4. The molecule has 0 aromatic heterocycles. The fourth-order valence-electron chi connectivity index (χ4n) is 9.11. The number of allylic oxidation sites excluding steroid dienone is 7. The van der Waals surface area contributed by atoms with Gasteiger partial charge in [0.15, 0.2) is 5.71 Å². The van der Waals surface area contributed by atoms with E-state index < -0.39 is 0 Å². The number of para-hydroxylation sites is 2. The average Bonchev–Trinajstić information content (AvgIpc) is 3.84.